The summed E-state index contributed by atoms with van der Waals surface area (Å²) < 4.78 is 5.91. The third kappa shape index (κ3) is 4.14. The van der Waals surface area contributed by atoms with Gasteiger partial charge in [0, 0.05) is 6.61 Å². The summed E-state index contributed by atoms with van der Waals surface area (Å²) in [7, 11) is 0. The maximum Gasteiger partial charge on any atom is 0.0735 e. The molecule has 92 valence electrons. The van der Waals surface area contributed by atoms with Crippen LogP contribution in [0.4, 0.5) is 0 Å². The highest BCUT2D eigenvalue weighted by Gasteiger charge is 2.30. The smallest absolute Gasteiger partial charge is 0.0735 e. The highest BCUT2D eigenvalue weighted by Crippen LogP contribution is 2.32. The molecular weight excluding hydrogens is 198 g/mol. The van der Waals surface area contributed by atoms with E-state index in [9.17, 15) is 0 Å². The van der Waals surface area contributed by atoms with Crippen LogP contribution >= 0.6 is 0 Å². The van der Waals surface area contributed by atoms with Crippen LogP contribution in [0.5, 0.6) is 0 Å². The van der Waals surface area contributed by atoms with Crippen molar-refractivity contribution < 1.29 is 4.74 Å². The van der Waals surface area contributed by atoms with Crippen LogP contribution in [0.1, 0.15) is 52.9 Å². The lowest BCUT2D eigenvalue weighted by molar-refractivity contribution is -0.0140. The van der Waals surface area contributed by atoms with E-state index in [-0.39, 0.29) is 12.0 Å². The summed E-state index contributed by atoms with van der Waals surface area (Å²) in [5.74, 6) is 1.59. The molecule has 0 radical (unpaired) electrons. The Bertz CT molecular complexity index is 231. The Hall–Kier alpha value is -0.550. The van der Waals surface area contributed by atoms with E-state index < -0.39 is 0 Å². The number of hydrogen-bond acceptors (Lipinski definition) is 2. The third-order valence-corrected chi connectivity index (χ3v) is 3.67. The largest absolute Gasteiger partial charge is 0.377 e. The predicted octanol–water partition coefficient (Wildman–Crippen LogP) is 3.77. The van der Waals surface area contributed by atoms with E-state index in [0.29, 0.717) is 5.92 Å². The van der Waals surface area contributed by atoms with Crippen LogP contribution in [-0.2, 0) is 4.74 Å². The van der Waals surface area contributed by atoms with E-state index in [1.54, 1.807) is 0 Å². The van der Waals surface area contributed by atoms with Gasteiger partial charge in [-0.25, -0.2) is 0 Å². The van der Waals surface area contributed by atoms with Crippen molar-refractivity contribution in [3.8, 4) is 6.07 Å². The summed E-state index contributed by atoms with van der Waals surface area (Å²) in [6, 6.07) is 2.41. The van der Waals surface area contributed by atoms with Crippen molar-refractivity contribution in [3.05, 3.63) is 0 Å². The predicted molar refractivity (Wildman–Crippen MR) is 65.9 cm³/mol. The zero-order valence-corrected chi connectivity index (χ0v) is 10.9. The van der Waals surface area contributed by atoms with Crippen LogP contribution in [0.25, 0.3) is 0 Å². The minimum atomic E-state index is 0.134. The summed E-state index contributed by atoms with van der Waals surface area (Å²) in [6.45, 7) is 7.47. The Morgan fingerprint density at radius 3 is 2.69 bits per heavy atom. The number of nitriles is 1. The molecule has 0 amide bonds. The van der Waals surface area contributed by atoms with Crippen LogP contribution < -0.4 is 0 Å². The lowest BCUT2D eigenvalue weighted by Crippen LogP contribution is -2.31. The van der Waals surface area contributed by atoms with Crippen molar-refractivity contribution >= 4 is 0 Å². The molecule has 3 atom stereocenters. The van der Waals surface area contributed by atoms with Gasteiger partial charge >= 0.3 is 0 Å². The van der Waals surface area contributed by atoms with Gasteiger partial charge < -0.3 is 4.74 Å². The second kappa shape index (κ2) is 6.91. The van der Waals surface area contributed by atoms with E-state index in [2.05, 4.69) is 26.8 Å². The molecule has 0 N–H and O–H groups in total. The molecular formula is C14H25NO. The van der Waals surface area contributed by atoms with Crippen molar-refractivity contribution in [2.24, 2.45) is 17.8 Å². The zero-order valence-electron chi connectivity index (χ0n) is 10.9. The van der Waals surface area contributed by atoms with Gasteiger partial charge in [0.2, 0.25) is 0 Å². The van der Waals surface area contributed by atoms with Gasteiger partial charge in [-0.1, -0.05) is 27.2 Å². The average Bonchev–Trinajstić information content (AvgIpc) is 2.28. The van der Waals surface area contributed by atoms with Gasteiger partial charge in [0.1, 0.15) is 0 Å². The maximum absolute atomic E-state index is 9.10. The number of nitrogens with zero attached hydrogens (tertiary/aromatic N) is 1. The van der Waals surface area contributed by atoms with E-state index in [0.717, 1.165) is 31.8 Å². The first-order valence-corrected chi connectivity index (χ1v) is 6.68. The molecule has 1 saturated carbocycles. The van der Waals surface area contributed by atoms with Crippen LogP contribution in [0.3, 0.4) is 0 Å². The van der Waals surface area contributed by atoms with Crippen molar-refractivity contribution in [2.45, 2.75) is 59.0 Å². The van der Waals surface area contributed by atoms with Crippen molar-refractivity contribution in [1.82, 2.24) is 0 Å². The first kappa shape index (κ1) is 13.5. The molecule has 16 heavy (non-hydrogen) atoms. The second-order valence-corrected chi connectivity index (χ2v) is 5.41. The Labute approximate surface area is 100.0 Å². The highest BCUT2D eigenvalue weighted by molar-refractivity contribution is 4.93. The van der Waals surface area contributed by atoms with Crippen molar-refractivity contribution in [1.29, 1.82) is 5.26 Å². The lowest BCUT2D eigenvalue weighted by Gasteiger charge is -2.32. The summed E-state index contributed by atoms with van der Waals surface area (Å²) in [4.78, 5) is 0. The summed E-state index contributed by atoms with van der Waals surface area (Å²) >= 11 is 0. The topological polar surface area (TPSA) is 33.0 Å². The fourth-order valence-corrected chi connectivity index (χ4v) is 2.37. The highest BCUT2D eigenvalue weighted by atomic mass is 16.5. The number of rotatable bonds is 5. The first-order valence-electron chi connectivity index (χ1n) is 6.68. The second-order valence-electron chi connectivity index (χ2n) is 5.41. The van der Waals surface area contributed by atoms with E-state index in [1.165, 1.54) is 12.8 Å². The van der Waals surface area contributed by atoms with E-state index in [4.69, 9.17) is 10.00 Å². The molecule has 0 spiro atoms. The standard InChI is InChI=1S/C14H25NO/c1-4-12-5-6-13(10-15)14(9-12)16-8-7-11(2)3/h11-14H,4-9H2,1-3H3. The molecule has 3 unspecified atom stereocenters. The van der Waals surface area contributed by atoms with Gasteiger partial charge in [-0.2, -0.15) is 5.26 Å². The Kier molecular flexibility index (Phi) is 5.84. The molecule has 0 saturated heterocycles. The van der Waals surface area contributed by atoms with Crippen molar-refractivity contribution in [3.63, 3.8) is 0 Å². The van der Waals surface area contributed by atoms with Gasteiger partial charge in [0.05, 0.1) is 18.1 Å². The fraction of sp³-hybridized carbons (Fsp3) is 0.929. The molecule has 0 bridgehead atoms. The minimum absolute atomic E-state index is 0.134. The zero-order chi connectivity index (χ0) is 12.0. The monoisotopic (exact) mass is 223 g/mol. The molecule has 2 heteroatoms. The van der Waals surface area contributed by atoms with Crippen molar-refractivity contribution in [2.75, 3.05) is 6.61 Å². The normalized spacial score (nSPS) is 30.3. The number of ether oxygens (including phenoxy) is 1. The molecule has 1 fully saturated rings. The van der Waals surface area contributed by atoms with Crippen LogP contribution in [0.2, 0.25) is 0 Å². The average molecular weight is 223 g/mol. The lowest BCUT2D eigenvalue weighted by atomic mass is 9.79. The first-order chi connectivity index (χ1) is 7.67. The van der Waals surface area contributed by atoms with E-state index in [1.807, 2.05) is 0 Å². The van der Waals surface area contributed by atoms with Crippen LogP contribution in [0, 0.1) is 29.1 Å². The molecule has 0 aromatic rings. The molecule has 2 nitrogen and oxygen atoms in total. The molecule has 0 aromatic heterocycles. The molecule has 1 rings (SSSR count). The Balaban J connectivity index is 2.37. The fourth-order valence-electron chi connectivity index (χ4n) is 2.37. The number of hydrogen-bond donors (Lipinski definition) is 0. The van der Waals surface area contributed by atoms with Gasteiger partial charge in [0.15, 0.2) is 0 Å². The molecule has 0 aliphatic heterocycles. The third-order valence-electron chi connectivity index (χ3n) is 3.67. The van der Waals surface area contributed by atoms with Crippen LogP contribution in [0.15, 0.2) is 0 Å². The Morgan fingerprint density at radius 2 is 2.12 bits per heavy atom. The molecule has 1 aliphatic carbocycles. The van der Waals surface area contributed by atoms with Gasteiger partial charge in [-0.3, -0.25) is 0 Å². The maximum atomic E-state index is 9.10. The summed E-state index contributed by atoms with van der Waals surface area (Å²) in [5.41, 5.74) is 0. The SMILES string of the molecule is CCC1CCC(C#N)C(OCCC(C)C)C1. The minimum Gasteiger partial charge on any atom is -0.377 e. The van der Waals surface area contributed by atoms with Gasteiger partial charge in [-0.05, 0) is 37.5 Å². The van der Waals surface area contributed by atoms with Gasteiger partial charge in [-0.15, -0.1) is 0 Å². The summed E-state index contributed by atoms with van der Waals surface area (Å²) in [5, 5.41) is 9.10. The Morgan fingerprint density at radius 1 is 1.38 bits per heavy atom. The molecule has 0 aromatic carbocycles. The van der Waals surface area contributed by atoms with Gasteiger partial charge in [0.25, 0.3) is 0 Å². The van der Waals surface area contributed by atoms with E-state index >= 15 is 0 Å². The molecule has 1 aliphatic rings. The summed E-state index contributed by atoms with van der Waals surface area (Å²) in [6.07, 6.45) is 5.85. The quantitative estimate of drug-likeness (QED) is 0.711. The molecule has 0 heterocycles. The van der Waals surface area contributed by atoms with Crippen LogP contribution in [-0.4, -0.2) is 12.7 Å².